The number of hydrogen-bond acceptors (Lipinski definition) is 3. The molecule has 0 radical (unpaired) electrons. The molecule has 2 rings (SSSR count). The Morgan fingerprint density at radius 1 is 1.50 bits per heavy atom. The molecule has 0 aromatic carbocycles. The highest BCUT2D eigenvalue weighted by atomic mass is 35.5. The van der Waals surface area contributed by atoms with Gasteiger partial charge in [0.1, 0.15) is 0 Å². The van der Waals surface area contributed by atoms with Crippen LogP contribution >= 0.6 is 11.6 Å². The van der Waals surface area contributed by atoms with Gasteiger partial charge in [0.25, 0.3) is 5.91 Å². The maximum Gasteiger partial charge on any atom is 0.256 e. The van der Waals surface area contributed by atoms with Crippen LogP contribution in [0.1, 0.15) is 36.5 Å². The van der Waals surface area contributed by atoms with Crippen molar-refractivity contribution in [3.05, 3.63) is 29.0 Å². The van der Waals surface area contributed by atoms with Gasteiger partial charge < -0.3 is 9.80 Å². The number of aromatic nitrogens is 1. The van der Waals surface area contributed by atoms with Gasteiger partial charge in [-0.05, 0) is 31.9 Å². The molecule has 0 saturated carbocycles. The highest BCUT2D eigenvalue weighted by Gasteiger charge is 2.26. The molecule has 5 heteroatoms. The van der Waals surface area contributed by atoms with Gasteiger partial charge in [0, 0.05) is 38.6 Å². The van der Waals surface area contributed by atoms with Gasteiger partial charge in [-0.2, -0.15) is 0 Å². The van der Waals surface area contributed by atoms with Crippen LogP contribution in [0.25, 0.3) is 0 Å². The van der Waals surface area contributed by atoms with Crippen LogP contribution in [0.3, 0.4) is 0 Å². The zero-order valence-corrected chi connectivity index (χ0v) is 12.9. The van der Waals surface area contributed by atoms with Crippen molar-refractivity contribution < 1.29 is 4.79 Å². The molecule has 0 N–H and O–H groups in total. The summed E-state index contributed by atoms with van der Waals surface area (Å²) in [7, 11) is 1.87. The number of pyridine rings is 1. The molecule has 110 valence electrons. The van der Waals surface area contributed by atoms with E-state index in [4.69, 9.17) is 11.6 Å². The van der Waals surface area contributed by atoms with Gasteiger partial charge in [-0.25, -0.2) is 0 Å². The Balaban J connectivity index is 1.97. The maximum absolute atomic E-state index is 12.5. The summed E-state index contributed by atoms with van der Waals surface area (Å²) >= 11 is 6.07. The predicted molar refractivity (Wildman–Crippen MR) is 81.1 cm³/mol. The van der Waals surface area contributed by atoms with Crippen molar-refractivity contribution in [3.8, 4) is 0 Å². The number of amides is 1. The number of nitrogens with zero attached hydrogens (tertiary/aromatic N) is 3. The Labute approximate surface area is 125 Å². The van der Waals surface area contributed by atoms with Crippen molar-refractivity contribution in [2.45, 2.75) is 32.2 Å². The lowest BCUT2D eigenvalue weighted by atomic mass is 10.0. The van der Waals surface area contributed by atoms with Crippen LogP contribution in [0.2, 0.25) is 5.02 Å². The van der Waals surface area contributed by atoms with Gasteiger partial charge in [-0.3, -0.25) is 9.78 Å². The smallest absolute Gasteiger partial charge is 0.256 e. The van der Waals surface area contributed by atoms with Crippen molar-refractivity contribution in [1.29, 1.82) is 0 Å². The molecular formula is C15H22ClN3O. The first-order valence-electron chi connectivity index (χ1n) is 7.22. The lowest BCUT2D eigenvalue weighted by Gasteiger charge is -2.36. The number of carbonyl (C=O) groups is 1. The Morgan fingerprint density at radius 3 is 2.80 bits per heavy atom. The van der Waals surface area contributed by atoms with Gasteiger partial charge in [-0.1, -0.05) is 18.5 Å². The van der Waals surface area contributed by atoms with Crippen LogP contribution in [0, 0.1) is 0 Å². The standard InChI is InChI=1S/C15H22ClN3O/c1-3-8-19-9-5-12(6-10-19)18(2)15(20)13-11-17-7-4-14(13)16/h4,7,11-12H,3,5-6,8-10H2,1-2H3. The molecule has 1 aliphatic heterocycles. The molecule has 0 bridgehead atoms. The summed E-state index contributed by atoms with van der Waals surface area (Å²) in [5.74, 6) is -0.0305. The van der Waals surface area contributed by atoms with E-state index in [0.717, 1.165) is 32.5 Å². The number of rotatable bonds is 4. The first kappa shape index (κ1) is 15.3. The number of carbonyl (C=O) groups excluding carboxylic acids is 1. The van der Waals surface area contributed by atoms with Crippen LogP contribution in [-0.2, 0) is 0 Å². The minimum absolute atomic E-state index is 0.0305. The van der Waals surface area contributed by atoms with E-state index < -0.39 is 0 Å². The molecular weight excluding hydrogens is 274 g/mol. The molecule has 1 fully saturated rings. The second-order valence-corrected chi connectivity index (χ2v) is 5.75. The molecule has 1 aliphatic rings. The van der Waals surface area contributed by atoms with Crippen molar-refractivity contribution in [1.82, 2.24) is 14.8 Å². The fourth-order valence-corrected chi connectivity index (χ4v) is 2.92. The summed E-state index contributed by atoms with van der Waals surface area (Å²) in [6.45, 7) is 5.48. The van der Waals surface area contributed by atoms with E-state index in [1.54, 1.807) is 18.5 Å². The maximum atomic E-state index is 12.5. The molecule has 20 heavy (non-hydrogen) atoms. The SMILES string of the molecule is CCCN1CCC(N(C)C(=O)c2cnccc2Cl)CC1. The predicted octanol–water partition coefficient (Wildman–Crippen LogP) is 2.68. The molecule has 4 nitrogen and oxygen atoms in total. The molecule has 0 aliphatic carbocycles. The Hall–Kier alpha value is -1.13. The zero-order valence-electron chi connectivity index (χ0n) is 12.2. The lowest BCUT2D eigenvalue weighted by Crippen LogP contribution is -2.45. The summed E-state index contributed by atoms with van der Waals surface area (Å²) in [5.41, 5.74) is 0.493. The van der Waals surface area contributed by atoms with E-state index in [-0.39, 0.29) is 5.91 Å². The van der Waals surface area contributed by atoms with E-state index in [1.807, 2.05) is 11.9 Å². The van der Waals surface area contributed by atoms with Crippen LogP contribution < -0.4 is 0 Å². The van der Waals surface area contributed by atoms with Gasteiger partial charge in [0.15, 0.2) is 0 Å². The summed E-state index contributed by atoms with van der Waals surface area (Å²) in [4.78, 5) is 20.7. The Bertz CT molecular complexity index is 458. The van der Waals surface area contributed by atoms with E-state index in [1.165, 1.54) is 6.42 Å². The summed E-state index contributed by atoms with van der Waals surface area (Å²) in [5, 5.41) is 0.472. The van der Waals surface area contributed by atoms with Crippen molar-refractivity contribution >= 4 is 17.5 Å². The largest absolute Gasteiger partial charge is 0.339 e. The summed E-state index contributed by atoms with van der Waals surface area (Å²) < 4.78 is 0. The monoisotopic (exact) mass is 295 g/mol. The number of piperidine rings is 1. The topological polar surface area (TPSA) is 36.4 Å². The summed E-state index contributed by atoms with van der Waals surface area (Å²) in [6, 6.07) is 1.96. The minimum Gasteiger partial charge on any atom is -0.339 e. The molecule has 1 amide bonds. The van der Waals surface area contributed by atoms with Crippen LogP contribution in [0.15, 0.2) is 18.5 Å². The Morgan fingerprint density at radius 2 is 2.20 bits per heavy atom. The number of halogens is 1. The molecule has 1 saturated heterocycles. The van der Waals surface area contributed by atoms with Crippen LogP contribution in [-0.4, -0.2) is 53.4 Å². The van der Waals surface area contributed by atoms with Crippen LogP contribution in [0.5, 0.6) is 0 Å². The Kier molecular flexibility index (Phi) is 5.38. The molecule has 0 spiro atoms. The third-order valence-electron chi connectivity index (χ3n) is 3.96. The molecule has 2 heterocycles. The third kappa shape index (κ3) is 3.49. The molecule has 1 aromatic heterocycles. The van der Waals surface area contributed by atoms with Crippen molar-refractivity contribution in [2.75, 3.05) is 26.7 Å². The number of hydrogen-bond donors (Lipinski definition) is 0. The van der Waals surface area contributed by atoms with Gasteiger partial charge in [0.2, 0.25) is 0 Å². The fraction of sp³-hybridized carbons (Fsp3) is 0.600. The number of likely N-dealkylation sites (tertiary alicyclic amines) is 1. The van der Waals surface area contributed by atoms with E-state index in [9.17, 15) is 4.79 Å². The highest BCUT2D eigenvalue weighted by molar-refractivity contribution is 6.33. The van der Waals surface area contributed by atoms with Gasteiger partial charge in [-0.15, -0.1) is 0 Å². The first-order valence-corrected chi connectivity index (χ1v) is 7.60. The lowest BCUT2D eigenvalue weighted by molar-refractivity contribution is 0.0642. The minimum atomic E-state index is -0.0305. The second-order valence-electron chi connectivity index (χ2n) is 5.34. The fourth-order valence-electron chi connectivity index (χ4n) is 2.74. The normalized spacial score (nSPS) is 17.1. The van der Waals surface area contributed by atoms with Crippen molar-refractivity contribution in [2.24, 2.45) is 0 Å². The van der Waals surface area contributed by atoms with Gasteiger partial charge >= 0.3 is 0 Å². The average molecular weight is 296 g/mol. The van der Waals surface area contributed by atoms with Crippen LogP contribution in [0.4, 0.5) is 0 Å². The first-order chi connectivity index (χ1) is 9.63. The third-order valence-corrected chi connectivity index (χ3v) is 4.29. The van der Waals surface area contributed by atoms with Crippen molar-refractivity contribution in [3.63, 3.8) is 0 Å². The van der Waals surface area contributed by atoms with E-state index in [2.05, 4.69) is 16.8 Å². The summed E-state index contributed by atoms with van der Waals surface area (Å²) in [6.07, 6.45) is 6.39. The molecule has 0 unspecified atom stereocenters. The van der Waals surface area contributed by atoms with E-state index in [0.29, 0.717) is 16.6 Å². The zero-order chi connectivity index (χ0) is 14.5. The quantitative estimate of drug-likeness (QED) is 0.857. The second kappa shape index (κ2) is 7.04. The average Bonchev–Trinajstić information content (AvgIpc) is 2.47. The highest BCUT2D eigenvalue weighted by Crippen LogP contribution is 2.20. The molecule has 1 aromatic rings. The molecule has 0 atom stereocenters. The van der Waals surface area contributed by atoms with E-state index >= 15 is 0 Å². The van der Waals surface area contributed by atoms with Gasteiger partial charge in [0.05, 0.1) is 10.6 Å².